The molecule has 0 aromatic rings. The summed E-state index contributed by atoms with van der Waals surface area (Å²) in [6.07, 6.45) is 7.05. The Bertz CT molecular complexity index is 2560. The number of unbranched alkanes of at least 4 members (excludes halogenated alkanes) is 1. The Morgan fingerprint density at radius 2 is 0.681 bits per heavy atom. The predicted molar refractivity (Wildman–Crippen MR) is 438 cm³/mol. The van der Waals surface area contributed by atoms with Crippen molar-refractivity contribution in [3.63, 3.8) is 0 Å². The third-order valence-electron chi connectivity index (χ3n) is 16.9. The second kappa shape index (κ2) is 67.6. The van der Waals surface area contributed by atoms with Crippen LogP contribution in [0.4, 0.5) is 33.6 Å². The molecule has 0 bridgehead atoms. The van der Waals surface area contributed by atoms with Crippen LogP contribution in [0.1, 0.15) is 269 Å². The molecule has 0 saturated heterocycles. The van der Waals surface area contributed by atoms with Crippen LogP contribution in [0.2, 0.25) is 0 Å². The van der Waals surface area contributed by atoms with Gasteiger partial charge in [-0.15, -0.1) is 0 Å². The van der Waals surface area contributed by atoms with Gasteiger partial charge in [0.25, 0.3) is 0 Å². The molecule has 0 aliphatic rings. The van der Waals surface area contributed by atoms with Gasteiger partial charge in [0, 0.05) is 89.6 Å². The summed E-state index contributed by atoms with van der Waals surface area (Å²) in [5, 5.41) is 20.6. The minimum absolute atomic E-state index is 0.127. The van der Waals surface area contributed by atoms with Gasteiger partial charge >= 0.3 is 60.6 Å². The highest BCUT2D eigenvalue weighted by molar-refractivity contribution is 5.83. The third-order valence-corrected chi connectivity index (χ3v) is 16.9. The van der Waals surface area contributed by atoms with Crippen molar-refractivity contribution in [3.05, 3.63) is 0 Å². The van der Waals surface area contributed by atoms with E-state index in [4.69, 9.17) is 56.8 Å². The predicted octanol–water partition coefficient (Wildman–Crippen LogP) is 14.4. The average Bonchev–Trinajstić information content (AvgIpc) is 0.854. The van der Waals surface area contributed by atoms with Gasteiger partial charge in [0.15, 0.2) is 11.2 Å². The minimum atomic E-state index is -1.15. The summed E-state index contributed by atoms with van der Waals surface area (Å²) in [5.74, 6) is 6.33. The van der Waals surface area contributed by atoms with Crippen molar-refractivity contribution in [3.8, 4) is 11.8 Å². The molecule has 113 heavy (non-hydrogen) atoms. The minimum Gasteiger partial charge on any atom is -0.465 e. The molecule has 0 radical (unpaired) electrons. The largest absolute Gasteiger partial charge is 0.465 e. The Labute approximate surface area is 679 Å². The molecule has 0 rings (SSSR count). The Kier molecular flexibility index (Phi) is 68.1. The molecule has 0 aliphatic heterocycles. The number of esters is 3. The molecule has 8 amide bonds. The molecule has 5 atom stereocenters. The lowest BCUT2D eigenvalue weighted by Gasteiger charge is -2.35. The Hall–Kier alpha value is -7.75. The van der Waals surface area contributed by atoms with Crippen LogP contribution in [0.5, 0.6) is 0 Å². The zero-order valence-corrected chi connectivity index (χ0v) is 74.5. The number of amides is 8. The summed E-state index contributed by atoms with van der Waals surface area (Å²) in [4.78, 5) is 128. The van der Waals surface area contributed by atoms with Crippen molar-refractivity contribution in [1.29, 1.82) is 0 Å². The Balaban J connectivity index is -0.000000432. The van der Waals surface area contributed by atoms with E-state index in [-0.39, 0.29) is 80.9 Å². The van der Waals surface area contributed by atoms with Crippen LogP contribution in [-0.4, -0.2) is 209 Å². The van der Waals surface area contributed by atoms with Crippen molar-refractivity contribution in [1.82, 2.24) is 42.5 Å². The highest BCUT2D eigenvalue weighted by atomic mass is 16.6. The van der Waals surface area contributed by atoms with E-state index in [1.165, 1.54) is 0 Å². The first kappa shape index (κ1) is 114. The van der Waals surface area contributed by atoms with Crippen LogP contribution in [0.15, 0.2) is 0 Å². The van der Waals surface area contributed by atoms with Gasteiger partial charge in [0.1, 0.15) is 57.8 Å². The van der Waals surface area contributed by atoms with Gasteiger partial charge < -0.3 is 99.4 Å². The van der Waals surface area contributed by atoms with E-state index in [1.54, 1.807) is 34.8 Å². The van der Waals surface area contributed by atoms with E-state index in [1.807, 2.05) is 111 Å². The number of carbonyl (C=O) groups excluding carboxylic acids is 11. The van der Waals surface area contributed by atoms with Crippen LogP contribution in [-0.2, 0) is 76.0 Å². The van der Waals surface area contributed by atoms with Crippen LogP contribution in [0.3, 0.4) is 0 Å². The van der Waals surface area contributed by atoms with Crippen molar-refractivity contribution in [2.24, 2.45) is 39.4 Å². The molecule has 8 N–H and O–H groups in total. The molecule has 0 fully saturated rings. The molecule has 0 heterocycles. The van der Waals surface area contributed by atoms with Crippen LogP contribution >= 0.6 is 0 Å². The summed E-state index contributed by atoms with van der Waals surface area (Å²) in [6.45, 7) is 53.7. The number of carbonyl (C=O) groups is 11. The van der Waals surface area contributed by atoms with Gasteiger partial charge in [-0.05, 0) is 158 Å². The maximum Gasteiger partial charge on any atom is 0.408 e. The second-order valence-electron chi connectivity index (χ2n) is 29.9. The molecule has 31 nitrogen and oxygen atoms in total. The van der Waals surface area contributed by atoms with Crippen LogP contribution in [0.25, 0.3) is 0 Å². The van der Waals surface area contributed by atoms with E-state index < -0.39 is 70.1 Å². The van der Waals surface area contributed by atoms with Crippen LogP contribution in [0, 0.1) is 51.3 Å². The van der Waals surface area contributed by atoms with E-state index >= 15 is 0 Å². The summed E-state index contributed by atoms with van der Waals surface area (Å²) < 4.78 is 63.7. The standard InChI is InChI=1S/C22H40N2O4.C16H31NO6.C16H31NO4.C15H29NO4.C13H25N3O5/c1-9-23-19(25)27-21(7,13-11-17(3)4)15-16-22(8,14-12-18(5)6)28-20(26)24-10-2;1-5-8-14(18)22-12-16(6-2,11-21-10-9-20-4)13-23-15(19)17-7-3;1-5-9-11-16(7-3,12-20-14(18)10-6-2)13-21-15(19)17-8-4;1-7-9-12(17)20-13(11(3)4)15(5,6)10-19-14(18)16-8-2;1-5-14-10(17)13(4,8-20-11(18)15-6-2)9-21-12(19)16-7-3/h17-18H,9-14H2,1-8H3,(H,23,25)(H,24,26);5-13H2,1-4H3,(H,17,19);5-13H2,1-4H3,(H,17,19);11,13H,7-10H2,1-6H3,(H,16,18);5-9H2,1-4H3,(H,14,17)(H,15,18)(H,16,19). The zero-order valence-electron chi connectivity index (χ0n) is 74.5. The lowest BCUT2D eigenvalue weighted by Crippen LogP contribution is -2.47. The van der Waals surface area contributed by atoms with Gasteiger partial charge in [0.05, 0.1) is 25.2 Å². The molecule has 5 unspecified atom stereocenters. The highest BCUT2D eigenvalue weighted by Gasteiger charge is 2.39. The lowest BCUT2D eigenvalue weighted by atomic mass is 9.81. The maximum atomic E-state index is 12.1. The number of alkyl carbamates (subject to hydrolysis) is 7. The Morgan fingerprint density at radius 1 is 0.354 bits per heavy atom. The molecule has 0 spiro atoms. The van der Waals surface area contributed by atoms with Crippen molar-refractivity contribution >= 4 is 66.5 Å². The number of nitrogens with one attached hydrogen (secondary N) is 8. The van der Waals surface area contributed by atoms with Gasteiger partial charge in [-0.1, -0.05) is 122 Å². The summed E-state index contributed by atoms with van der Waals surface area (Å²) in [5.41, 5.74) is -4.30. The zero-order chi connectivity index (χ0) is 87.6. The van der Waals surface area contributed by atoms with Crippen molar-refractivity contribution in [2.75, 3.05) is 126 Å². The molecule has 0 saturated carbocycles. The SMILES string of the molecule is CCCC(=O)OC(C(C)C)C(C)(C)COC(=O)NCC.CCCC(=O)OCC(CC)(COCCOC)COC(=O)NCC.CCCCC(CC)(COC(=O)CCC)COC(=O)NCC.CCNC(=O)OC(C)(C#CC(C)(CCC(C)C)OC(=O)NCC)CCC(C)C.CCNC(=O)OCC(C)(COC(=O)NCC)C(=O)NCC. The number of ether oxygens (including phenoxy) is 12. The summed E-state index contributed by atoms with van der Waals surface area (Å²) in [6, 6.07) is 0. The van der Waals surface area contributed by atoms with E-state index in [0.717, 1.165) is 57.8 Å². The number of rotatable bonds is 50. The highest BCUT2D eigenvalue weighted by Crippen LogP contribution is 2.33. The fourth-order valence-electron chi connectivity index (χ4n) is 9.79. The molecule has 0 aromatic heterocycles. The number of hydrogen-bond donors (Lipinski definition) is 8. The molecule has 0 aromatic carbocycles. The average molecular weight is 1620 g/mol. The van der Waals surface area contributed by atoms with Gasteiger partial charge in [-0.2, -0.15) is 0 Å². The fourth-order valence-corrected chi connectivity index (χ4v) is 9.79. The first-order valence-electron chi connectivity index (χ1n) is 41.0. The monoisotopic (exact) mass is 1620 g/mol. The quantitative estimate of drug-likeness (QED) is 0.0121. The van der Waals surface area contributed by atoms with Crippen LogP contribution < -0.4 is 42.5 Å². The normalized spacial score (nSPS) is 13.1. The van der Waals surface area contributed by atoms with Gasteiger partial charge in [-0.3, -0.25) is 19.2 Å². The van der Waals surface area contributed by atoms with Crippen molar-refractivity contribution < 1.29 is 110 Å². The van der Waals surface area contributed by atoms with E-state index in [9.17, 15) is 52.7 Å². The van der Waals surface area contributed by atoms with E-state index in [2.05, 4.69) is 89.0 Å². The molecular weight excluding hydrogens is 1460 g/mol. The van der Waals surface area contributed by atoms with E-state index in [0.29, 0.717) is 129 Å². The number of methoxy groups -OCH3 is 1. The first-order valence-corrected chi connectivity index (χ1v) is 41.0. The summed E-state index contributed by atoms with van der Waals surface area (Å²) >= 11 is 0. The first-order chi connectivity index (χ1) is 53.1. The van der Waals surface area contributed by atoms with Gasteiger partial charge in [0.2, 0.25) is 5.91 Å². The molecular formula is C82H156N8O23. The molecule has 31 heteroatoms. The van der Waals surface area contributed by atoms with Crippen molar-refractivity contribution in [2.45, 2.75) is 287 Å². The topological polar surface area (TPSA) is 395 Å². The number of hydrogen-bond acceptors (Lipinski definition) is 23. The molecule has 0 aliphatic carbocycles. The lowest BCUT2D eigenvalue weighted by molar-refractivity contribution is -0.161. The third kappa shape index (κ3) is 60.5. The Morgan fingerprint density at radius 3 is 1.01 bits per heavy atom. The smallest absolute Gasteiger partial charge is 0.408 e. The maximum absolute atomic E-state index is 12.1. The van der Waals surface area contributed by atoms with Gasteiger partial charge in [-0.25, -0.2) is 33.6 Å². The second-order valence-corrected chi connectivity index (χ2v) is 29.9. The molecule has 662 valence electrons. The summed E-state index contributed by atoms with van der Waals surface area (Å²) in [7, 11) is 1.60. The fraction of sp³-hybridized carbons (Fsp3) is 0.841.